The van der Waals surface area contributed by atoms with Crippen LogP contribution in [0.2, 0.25) is 0 Å². The van der Waals surface area contributed by atoms with Gasteiger partial charge in [-0.2, -0.15) is 4.98 Å². The van der Waals surface area contributed by atoms with Crippen LogP contribution in [0.3, 0.4) is 0 Å². The second-order valence-electron chi connectivity index (χ2n) is 4.04. The number of nitrogens with zero attached hydrogens (tertiary/aromatic N) is 2. The summed E-state index contributed by atoms with van der Waals surface area (Å²) in [4.78, 5) is 9.26. The van der Waals surface area contributed by atoms with E-state index >= 15 is 0 Å². The summed E-state index contributed by atoms with van der Waals surface area (Å²) >= 11 is 1.49. The van der Waals surface area contributed by atoms with Gasteiger partial charge in [0.15, 0.2) is 0 Å². The second-order valence-corrected chi connectivity index (χ2v) is 4.93. The molecule has 0 amide bonds. The topological polar surface area (TPSA) is 93.3 Å². The van der Waals surface area contributed by atoms with Crippen molar-refractivity contribution < 1.29 is 9.84 Å². The number of nitrogens with one attached hydrogen (secondary N) is 1. The van der Waals surface area contributed by atoms with Gasteiger partial charge in [0.05, 0.1) is 12.0 Å². The van der Waals surface area contributed by atoms with E-state index in [2.05, 4.69) is 15.4 Å². The maximum Gasteiger partial charge on any atom is 0.241 e. The monoisotopic (exact) mass is 288 g/mol. The first kappa shape index (κ1) is 12.8. The lowest BCUT2D eigenvalue weighted by molar-refractivity contribution is 0.281. The number of aliphatic hydroxyl groups excluding tert-OH is 1. The van der Waals surface area contributed by atoms with Crippen LogP contribution in [0.5, 0.6) is 11.6 Å². The van der Waals surface area contributed by atoms with Gasteiger partial charge in [-0.15, -0.1) is 11.3 Å². The summed E-state index contributed by atoms with van der Waals surface area (Å²) in [6.07, 6.45) is 0. The van der Waals surface area contributed by atoms with Crippen LogP contribution in [0, 0.1) is 0 Å². The first-order valence-electron chi connectivity index (χ1n) is 5.89. The molecule has 0 saturated heterocycles. The summed E-state index contributed by atoms with van der Waals surface area (Å²) in [7, 11) is 0. The quantitative estimate of drug-likeness (QED) is 0.503. The van der Waals surface area contributed by atoms with Gasteiger partial charge in [-0.25, -0.2) is 10.8 Å². The molecular weight excluding hydrogens is 276 g/mol. The molecule has 0 aliphatic carbocycles. The lowest BCUT2D eigenvalue weighted by Gasteiger charge is -2.08. The summed E-state index contributed by atoms with van der Waals surface area (Å²) in [5, 5.41) is 11.8. The van der Waals surface area contributed by atoms with E-state index < -0.39 is 0 Å². The van der Waals surface area contributed by atoms with Crippen molar-refractivity contribution in [3.8, 4) is 11.6 Å². The fourth-order valence-electron chi connectivity index (χ4n) is 1.75. The Morgan fingerprint density at radius 2 is 2.00 bits per heavy atom. The molecule has 2 heterocycles. The summed E-state index contributed by atoms with van der Waals surface area (Å²) in [6.45, 7) is 0.00377. The second kappa shape index (κ2) is 5.41. The number of hydrogen-bond donors (Lipinski definition) is 3. The first-order valence-corrected chi connectivity index (χ1v) is 6.77. The van der Waals surface area contributed by atoms with E-state index in [1.807, 2.05) is 11.4 Å². The molecule has 1 aromatic carbocycles. The molecule has 7 heteroatoms. The highest BCUT2D eigenvalue weighted by Gasteiger charge is 2.10. The molecule has 20 heavy (non-hydrogen) atoms. The summed E-state index contributed by atoms with van der Waals surface area (Å²) in [6, 6.07) is 9.05. The number of benzene rings is 1. The largest absolute Gasteiger partial charge is 0.438 e. The smallest absolute Gasteiger partial charge is 0.241 e. The van der Waals surface area contributed by atoms with Gasteiger partial charge < -0.3 is 9.84 Å². The van der Waals surface area contributed by atoms with Crippen LogP contribution in [0.15, 0.2) is 35.7 Å². The van der Waals surface area contributed by atoms with E-state index in [0.717, 1.165) is 15.8 Å². The lowest BCUT2D eigenvalue weighted by Crippen LogP contribution is -2.10. The van der Waals surface area contributed by atoms with Gasteiger partial charge >= 0.3 is 0 Å². The van der Waals surface area contributed by atoms with E-state index in [1.54, 1.807) is 24.3 Å². The number of hydrogen-bond acceptors (Lipinski definition) is 7. The van der Waals surface area contributed by atoms with Crippen molar-refractivity contribution in [2.75, 3.05) is 5.43 Å². The minimum atomic E-state index is 0.00377. The van der Waals surface area contributed by atoms with Gasteiger partial charge in [0.2, 0.25) is 11.8 Å². The molecule has 2 aromatic heterocycles. The van der Waals surface area contributed by atoms with Crippen molar-refractivity contribution in [1.82, 2.24) is 9.97 Å². The number of thiophene rings is 1. The lowest BCUT2D eigenvalue weighted by atomic mass is 10.2. The van der Waals surface area contributed by atoms with Crippen LogP contribution in [0.25, 0.3) is 10.2 Å². The number of fused-ring (bicyclic) bond motifs is 1. The molecule has 0 aliphatic heterocycles. The predicted molar refractivity (Wildman–Crippen MR) is 77.7 cm³/mol. The number of hydrazine groups is 1. The number of aromatic nitrogens is 2. The number of nitrogens with two attached hydrogens (primary N) is 1. The number of rotatable bonds is 4. The zero-order chi connectivity index (χ0) is 13.9. The zero-order valence-electron chi connectivity index (χ0n) is 10.4. The molecule has 0 aliphatic rings. The van der Waals surface area contributed by atoms with Crippen molar-refractivity contribution in [2.24, 2.45) is 5.84 Å². The molecule has 3 aromatic rings. The summed E-state index contributed by atoms with van der Waals surface area (Å²) in [5.74, 6) is 6.74. The maximum atomic E-state index is 9.02. The van der Waals surface area contributed by atoms with Crippen LogP contribution < -0.4 is 16.0 Å². The Labute approximate surface area is 118 Å². The highest BCUT2D eigenvalue weighted by molar-refractivity contribution is 7.16. The van der Waals surface area contributed by atoms with Gasteiger partial charge in [0.25, 0.3) is 0 Å². The van der Waals surface area contributed by atoms with Gasteiger partial charge in [-0.3, -0.25) is 5.43 Å². The molecule has 0 radical (unpaired) electrons. The van der Waals surface area contributed by atoms with Gasteiger partial charge in [-0.1, -0.05) is 12.1 Å². The number of anilines is 1. The van der Waals surface area contributed by atoms with Gasteiger partial charge in [0, 0.05) is 0 Å². The number of aliphatic hydroxyl groups is 1. The Balaban J connectivity index is 1.98. The van der Waals surface area contributed by atoms with Crippen molar-refractivity contribution in [3.63, 3.8) is 0 Å². The standard InChI is InChI=1S/C13H12N4O2S/c14-17-13-15-11(10-5-6-20-12(10)16-13)19-9-3-1-8(7-18)2-4-9/h1-6,18H,7,14H2,(H,15,16,17). The van der Waals surface area contributed by atoms with E-state index in [0.29, 0.717) is 17.6 Å². The molecular formula is C13H12N4O2S. The van der Waals surface area contributed by atoms with Crippen molar-refractivity contribution >= 4 is 27.5 Å². The minimum Gasteiger partial charge on any atom is -0.438 e. The predicted octanol–water partition coefficient (Wildman–Crippen LogP) is 2.26. The molecule has 6 nitrogen and oxygen atoms in total. The average Bonchev–Trinajstić information content (AvgIpc) is 2.96. The molecule has 0 atom stereocenters. The molecule has 4 N–H and O–H groups in total. The van der Waals surface area contributed by atoms with Crippen LogP contribution in [-0.4, -0.2) is 15.1 Å². The maximum absolute atomic E-state index is 9.02. The summed E-state index contributed by atoms with van der Waals surface area (Å²) < 4.78 is 5.77. The average molecular weight is 288 g/mol. The van der Waals surface area contributed by atoms with Gasteiger partial charge in [-0.05, 0) is 29.1 Å². The molecule has 0 spiro atoms. The van der Waals surface area contributed by atoms with E-state index in [1.165, 1.54) is 11.3 Å². The Bertz CT molecular complexity index is 727. The Morgan fingerprint density at radius 3 is 2.70 bits per heavy atom. The third kappa shape index (κ3) is 2.42. The number of ether oxygens (including phenoxy) is 1. The van der Waals surface area contributed by atoms with Crippen LogP contribution in [0.4, 0.5) is 5.95 Å². The fourth-order valence-corrected chi connectivity index (χ4v) is 2.50. The fraction of sp³-hybridized carbons (Fsp3) is 0.0769. The Morgan fingerprint density at radius 1 is 1.20 bits per heavy atom. The first-order chi connectivity index (χ1) is 9.80. The van der Waals surface area contributed by atoms with Crippen LogP contribution >= 0.6 is 11.3 Å². The molecule has 0 saturated carbocycles. The molecule has 0 bridgehead atoms. The molecule has 0 unspecified atom stereocenters. The number of nitrogen functional groups attached to an aromatic ring is 1. The summed E-state index contributed by atoms with van der Waals surface area (Å²) in [5.41, 5.74) is 3.25. The van der Waals surface area contributed by atoms with Gasteiger partial charge in [0.1, 0.15) is 10.6 Å². The van der Waals surface area contributed by atoms with Crippen molar-refractivity contribution in [1.29, 1.82) is 0 Å². The molecule has 3 rings (SSSR count). The van der Waals surface area contributed by atoms with Crippen molar-refractivity contribution in [3.05, 3.63) is 41.3 Å². The highest BCUT2D eigenvalue weighted by Crippen LogP contribution is 2.31. The van der Waals surface area contributed by atoms with Crippen molar-refractivity contribution in [2.45, 2.75) is 6.61 Å². The Hall–Kier alpha value is -2.22. The normalized spacial score (nSPS) is 10.7. The Kier molecular flexibility index (Phi) is 3.46. The highest BCUT2D eigenvalue weighted by atomic mass is 32.1. The van der Waals surface area contributed by atoms with E-state index in [4.69, 9.17) is 15.7 Å². The molecule has 0 fully saturated rings. The van der Waals surface area contributed by atoms with E-state index in [9.17, 15) is 0 Å². The van der Waals surface area contributed by atoms with E-state index in [-0.39, 0.29) is 6.61 Å². The third-order valence-electron chi connectivity index (χ3n) is 2.74. The molecule has 102 valence electrons. The van der Waals surface area contributed by atoms with Crippen LogP contribution in [0.1, 0.15) is 5.56 Å². The van der Waals surface area contributed by atoms with Crippen LogP contribution in [-0.2, 0) is 6.61 Å². The SMILES string of the molecule is NNc1nc(Oc2ccc(CO)cc2)c2ccsc2n1. The third-order valence-corrected chi connectivity index (χ3v) is 3.55. The zero-order valence-corrected chi connectivity index (χ0v) is 11.2. The minimum absolute atomic E-state index is 0.00377.